The van der Waals surface area contributed by atoms with Crippen molar-refractivity contribution in [3.8, 4) is 0 Å². The first-order valence-corrected chi connectivity index (χ1v) is 7.41. The number of anilines is 1. The van der Waals surface area contributed by atoms with Crippen LogP contribution in [0.2, 0.25) is 0 Å². The molecule has 0 amide bonds. The Kier molecular flexibility index (Phi) is 5.07. The SMILES string of the molecule is Cc1ccc(N[C@H](SCC(=O)O)c2ccccc2)cc1. The van der Waals surface area contributed by atoms with Crippen molar-refractivity contribution in [3.05, 3.63) is 65.7 Å². The maximum atomic E-state index is 10.8. The van der Waals surface area contributed by atoms with Crippen molar-refractivity contribution in [2.24, 2.45) is 0 Å². The van der Waals surface area contributed by atoms with E-state index in [1.54, 1.807) is 0 Å². The minimum Gasteiger partial charge on any atom is -0.481 e. The van der Waals surface area contributed by atoms with E-state index in [0.29, 0.717) is 0 Å². The summed E-state index contributed by atoms with van der Waals surface area (Å²) in [5.41, 5.74) is 3.26. The lowest BCUT2D eigenvalue weighted by molar-refractivity contribution is -0.133. The van der Waals surface area contributed by atoms with Gasteiger partial charge in [0.1, 0.15) is 0 Å². The summed E-state index contributed by atoms with van der Waals surface area (Å²) < 4.78 is 0. The number of nitrogens with one attached hydrogen (secondary N) is 1. The van der Waals surface area contributed by atoms with Gasteiger partial charge in [0.15, 0.2) is 0 Å². The first-order valence-electron chi connectivity index (χ1n) is 6.37. The zero-order chi connectivity index (χ0) is 14.4. The van der Waals surface area contributed by atoms with Gasteiger partial charge < -0.3 is 10.4 Å². The van der Waals surface area contributed by atoms with Crippen LogP contribution in [0.3, 0.4) is 0 Å². The second kappa shape index (κ2) is 7.01. The molecule has 2 aromatic rings. The smallest absolute Gasteiger partial charge is 0.313 e. The molecule has 0 aliphatic rings. The van der Waals surface area contributed by atoms with Crippen LogP contribution >= 0.6 is 11.8 Å². The molecule has 2 rings (SSSR count). The molecular formula is C16H17NO2S. The molecule has 2 aromatic carbocycles. The fourth-order valence-corrected chi connectivity index (χ4v) is 2.68. The summed E-state index contributed by atoms with van der Waals surface area (Å²) in [7, 11) is 0. The molecule has 0 unspecified atom stereocenters. The Balaban J connectivity index is 2.13. The van der Waals surface area contributed by atoms with Crippen LogP contribution in [0.1, 0.15) is 16.5 Å². The molecule has 20 heavy (non-hydrogen) atoms. The minimum absolute atomic E-state index is 0.0679. The van der Waals surface area contributed by atoms with E-state index < -0.39 is 5.97 Å². The van der Waals surface area contributed by atoms with Crippen LogP contribution in [0.25, 0.3) is 0 Å². The number of benzene rings is 2. The monoisotopic (exact) mass is 287 g/mol. The number of aliphatic carboxylic acids is 1. The van der Waals surface area contributed by atoms with Crippen LogP contribution in [-0.2, 0) is 4.79 Å². The molecule has 1 atom stereocenters. The summed E-state index contributed by atoms with van der Waals surface area (Å²) in [5.74, 6) is -0.736. The van der Waals surface area contributed by atoms with Crippen molar-refractivity contribution in [2.75, 3.05) is 11.1 Å². The van der Waals surface area contributed by atoms with Gasteiger partial charge in [-0.15, -0.1) is 11.8 Å². The fraction of sp³-hybridized carbons (Fsp3) is 0.188. The summed E-state index contributed by atoms with van der Waals surface area (Å²) in [6, 6.07) is 18.0. The largest absolute Gasteiger partial charge is 0.481 e. The topological polar surface area (TPSA) is 49.3 Å². The van der Waals surface area contributed by atoms with Crippen molar-refractivity contribution in [1.82, 2.24) is 0 Å². The van der Waals surface area contributed by atoms with Gasteiger partial charge in [-0.1, -0.05) is 48.0 Å². The quantitative estimate of drug-likeness (QED) is 0.791. The van der Waals surface area contributed by atoms with Crippen LogP contribution < -0.4 is 5.32 Å². The molecule has 0 aromatic heterocycles. The highest BCUT2D eigenvalue weighted by molar-refractivity contribution is 8.00. The molecule has 3 nitrogen and oxygen atoms in total. The van der Waals surface area contributed by atoms with Crippen LogP contribution in [0.15, 0.2) is 54.6 Å². The number of hydrogen-bond acceptors (Lipinski definition) is 3. The third-order valence-electron chi connectivity index (χ3n) is 2.83. The molecule has 0 bridgehead atoms. The number of carboxylic acids is 1. The van der Waals surface area contributed by atoms with E-state index in [0.717, 1.165) is 11.3 Å². The van der Waals surface area contributed by atoms with Crippen LogP contribution in [0.4, 0.5) is 5.69 Å². The third kappa shape index (κ3) is 4.31. The average Bonchev–Trinajstić information content (AvgIpc) is 2.46. The Morgan fingerprint density at radius 2 is 1.80 bits per heavy atom. The van der Waals surface area contributed by atoms with E-state index in [2.05, 4.69) is 5.32 Å². The normalized spacial score (nSPS) is 11.8. The van der Waals surface area contributed by atoms with Gasteiger partial charge in [0, 0.05) is 5.69 Å². The van der Waals surface area contributed by atoms with Crippen LogP contribution in [0, 0.1) is 6.92 Å². The van der Waals surface area contributed by atoms with E-state index >= 15 is 0 Å². The first-order chi connectivity index (χ1) is 9.65. The number of rotatable bonds is 6. The Morgan fingerprint density at radius 3 is 2.40 bits per heavy atom. The zero-order valence-corrected chi connectivity index (χ0v) is 12.1. The van der Waals surface area contributed by atoms with Gasteiger partial charge in [-0.05, 0) is 24.6 Å². The molecule has 0 fully saturated rings. The fourth-order valence-electron chi connectivity index (χ4n) is 1.80. The predicted octanol–water partition coefficient (Wildman–Crippen LogP) is 3.92. The average molecular weight is 287 g/mol. The second-order valence-electron chi connectivity index (χ2n) is 4.51. The minimum atomic E-state index is -0.804. The van der Waals surface area contributed by atoms with Gasteiger partial charge in [-0.3, -0.25) is 4.79 Å². The van der Waals surface area contributed by atoms with Crippen molar-refractivity contribution < 1.29 is 9.90 Å². The predicted molar refractivity (Wildman–Crippen MR) is 84.1 cm³/mol. The summed E-state index contributed by atoms with van der Waals surface area (Å²) in [4.78, 5) is 10.8. The van der Waals surface area contributed by atoms with Gasteiger partial charge in [0.25, 0.3) is 0 Å². The molecule has 4 heteroatoms. The van der Waals surface area contributed by atoms with Gasteiger partial charge in [0.2, 0.25) is 0 Å². The Bertz CT molecular complexity index is 554. The van der Waals surface area contributed by atoms with Crippen molar-refractivity contribution in [1.29, 1.82) is 0 Å². The lowest BCUT2D eigenvalue weighted by Gasteiger charge is -2.19. The van der Waals surface area contributed by atoms with E-state index in [1.807, 2.05) is 61.5 Å². The second-order valence-corrected chi connectivity index (χ2v) is 5.60. The lowest BCUT2D eigenvalue weighted by Crippen LogP contribution is -2.10. The van der Waals surface area contributed by atoms with Crippen molar-refractivity contribution >= 4 is 23.4 Å². The molecule has 0 aliphatic heterocycles. The molecule has 0 saturated heterocycles. The first kappa shape index (κ1) is 14.5. The zero-order valence-electron chi connectivity index (χ0n) is 11.2. The highest BCUT2D eigenvalue weighted by atomic mass is 32.2. The molecule has 0 saturated carbocycles. The summed E-state index contributed by atoms with van der Waals surface area (Å²) in [5, 5.41) is 12.2. The summed E-state index contributed by atoms with van der Waals surface area (Å²) in [6.07, 6.45) is 0. The number of hydrogen-bond donors (Lipinski definition) is 2. The molecule has 0 spiro atoms. The Labute approximate surface area is 123 Å². The molecule has 2 N–H and O–H groups in total. The van der Waals surface area contributed by atoms with Crippen molar-refractivity contribution in [2.45, 2.75) is 12.3 Å². The molecule has 0 radical (unpaired) electrons. The van der Waals surface area contributed by atoms with Crippen molar-refractivity contribution in [3.63, 3.8) is 0 Å². The lowest BCUT2D eigenvalue weighted by atomic mass is 10.2. The highest BCUT2D eigenvalue weighted by Crippen LogP contribution is 2.30. The maximum Gasteiger partial charge on any atom is 0.313 e. The van der Waals surface area contributed by atoms with Gasteiger partial charge in [0.05, 0.1) is 11.1 Å². The van der Waals surface area contributed by atoms with E-state index in [9.17, 15) is 4.79 Å². The van der Waals surface area contributed by atoms with Crippen LogP contribution in [0.5, 0.6) is 0 Å². The molecule has 0 aliphatic carbocycles. The van der Waals surface area contributed by atoms with Gasteiger partial charge >= 0.3 is 5.97 Å². The van der Waals surface area contributed by atoms with Gasteiger partial charge in [-0.25, -0.2) is 0 Å². The highest BCUT2D eigenvalue weighted by Gasteiger charge is 2.13. The van der Waals surface area contributed by atoms with Crippen LogP contribution in [-0.4, -0.2) is 16.8 Å². The summed E-state index contributed by atoms with van der Waals surface area (Å²) >= 11 is 1.37. The number of carbonyl (C=O) groups is 1. The molecule has 0 heterocycles. The number of carboxylic acid groups (broad SMARTS) is 1. The number of thioether (sulfide) groups is 1. The van der Waals surface area contributed by atoms with E-state index in [-0.39, 0.29) is 11.1 Å². The Hall–Kier alpha value is -1.94. The van der Waals surface area contributed by atoms with E-state index in [4.69, 9.17) is 5.11 Å². The molecular weight excluding hydrogens is 270 g/mol. The molecule has 104 valence electrons. The summed E-state index contributed by atoms with van der Waals surface area (Å²) in [6.45, 7) is 2.04. The Morgan fingerprint density at radius 1 is 1.15 bits per heavy atom. The van der Waals surface area contributed by atoms with E-state index in [1.165, 1.54) is 17.3 Å². The third-order valence-corrected chi connectivity index (χ3v) is 3.96. The number of aryl methyl sites for hydroxylation is 1. The van der Waals surface area contributed by atoms with Gasteiger partial charge in [-0.2, -0.15) is 0 Å². The maximum absolute atomic E-state index is 10.8. The standard InChI is InChI=1S/C16H17NO2S/c1-12-7-9-14(10-8-12)17-16(20-11-15(18)19)13-5-3-2-4-6-13/h2-10,16-17H,11H2,1H3,(H,18,19)/t16-/m1/s1.